The number of aliphatic imine (C=N–C) groups is 1. The number of hydrogen-bond donors (Lipinski definition) is 0. The van der Waals surface area contributed by atoms with E-state index in [1.54, 1.807) is 0 Å². The maximum absolute atomic E-state index is 4.32. The Morgan fingerprint density at radius 3 is 2.00 bits per heavy atom. The highest BCUT2D eigenvalue weighted by Gasteiger charge is 2.25. The molecule has 0 radical (unpaired) electrons. The lowest BCUT2D eigenvalue weighted by atomic mass is 9.88. The molecule has 0 aromatic heterocycles. The Bertz CT molecular complexity index is 2370. The lowest BCUT2D eigenvalue weighted by molar-refractivity contribution is 0.961. The van der Waals surface area contributed by atoms with Gasteiger partial charge in [-0.15, -0.1) is 0 Å². The summed E-state index contributed by atoms with van der Waals surface area (Å²) in [6, 6.07) is 53.1. The fourth-order valence-corrected chi connectivity index (χ4v) is 7.21. The molecule has 0 spiro atoms. The van der Waals surface area contributed by atoms with Crippen molar-refractivity contribution in [1.82, 2.24) is 0 Å². The molecule has 206 valence electrons. The minimum atomic E-state index is 0.795. The summed E-state index contributed by atoms with van der Waals surface area (Å²) < 4.78 is 0. The molecule has 0 saturated carbocycles. The monoisotopic (exact) mass is 560 g/mol. The minimum absolute atomic E-state index is 0.795. The predicted octanol–water partition coefficient (Wildman–Crippen LogP) is 11.6. The number of anilines is 2. The Morgan fingerprint density at radius 1 is 0.477 bits per heavy atom. The van der Waals surface area contributed by atoms with Crippen molar-refractivity contribution >= 4 is 56.1 Å². The van der Waals surface area contributed by atoms with E-state index in [1.165, 1.54) is 76.9 Å². The topological polar surface area (TPSA) is 15.6 Å². The molecule has 0 aliphatic carbocycles. The number of benzene rings is 8. The van der Waals surface area contributed by atoms with Gasteiger partial charge in [-0.25, -0.2) is 0 Å². The van der Waals surface area contributed by atoms with E-state index in [0.717, 1.165) is 17.9 Å². The second kappa shape index (κ2) is 9.65. The van der Waals surface area contributed by atoms with Crippen LogP contribution in [-0.2, 0) is 6.54 Å². The van der Waals surface area contributed by atoms with Gasteiger partial charge in [0.2, 0.25) is 0 Å². The molecular weight excluding hydrogens is 532 g/mol. The second-order valence-electron chi connectivity index (χ2n) is 11.7. The minimum Gasteiger partial charge on any atom is -0.335 e. The summed E-state index contributed by atoms with van der Waals surface area (Å²) >= 11 is 0. The van der Waals surface area contributed by atoms with Gasteiger partial charge in [-0.2, -0.15) is 0 Å². The van der Waals surface area contributed by atoms with Crippen molar-refractivity contribution in [3.8, 4) is 33.4 Å². The Labute approximate surface area is 256 Å². The van der Waals surface area contributed by atoms with E-state index >= 15 is 0 Å². The van der Waals surface area contributed by atoms with Gasteiger partial charge < -0.3 is 4.90 Å². The summed E-state index contributed by atoms with van der Waals surface area (Å²) in [5, 5.41) is 7.90. The van der Waals surface area contributed by atoms with Gasteiger partial charge >= 0.3 is 0 Å². The van der Waals surface area contributed by atoms with E-state index < -0.39 is 0 Å². The number of para-hydroxylation sites is 2. The molecule has 1 aliphatic rings. The Hall–Kier alpha value is -5.73. The highest BCUT2D eigenvalue weighted by Crippen LogP contribution is 2.47. The first-order chi connectivity index (χ1) is 21.8. The van der Waals surface area contributed by atoms with Crippen LogP contribution in [0, 0.1) is 0 Å². The van der Waals surface area contributed by atoms with Gasteiger partial charge in [0, 0.05) is 17.8 Å². The first-order valence-corrected chi connectivity index (χ1v) is 15.1. The van der Waals surface area contributed by atoms with E-state index in [0.29, 0.717) is 0 Å². The standard InChI is InChI=1S/C42H28N2/c1-43-38-11-4-5-12-40(38)44-26-33-7-2-3-10-34(33)37-25-32(21-24-39(37)44)27-13-15-28(16-14-27)35-22-19-31-18-17-29-8-6-9-30-20-23-36(35)42(31)41(29)30/h2-25H,1,26H2. The highest BCUT2D eigenvalue weighted by atomic mass is 15.2. The molecule has 0 fully saturated rings. The van der Waals surface area contributed by atoms with Crippen LogP contribution in [0.1, 0.15) is 5.56 Å². The fourth-order valence-electron chi connectivity index (χ4n) is 7.21. The van der Waals surface area contributed by atoms with Crippen LogP contribution in [0.4, 0.5) is 17.1 Å². The van der Waals surface area contributed by atoms with Crippen LogP contribution in [0.25, 0.3) is 65.7 Å². The van der Waals surface area contributed by atoms with Crippen molar-refractivity contribution in [2.75, 3.05) is 4.90 Å². The molecule has 9 rings (SSSR count). The van der Waals surface area contributed by atoms with Crippen LogP contribution in [0.15, 0.2) is 151 Å². The van der Waals surface area contributed by atoms with Gasteiger partial charge in [0.05, 0.1) is 11.4 Å². The lowest BCUT2D eigenvalue weighted by Gasteiger charge is -2.34. The maximum atomic E-state index is 4.32. The predicted molar refractivity (Wildman–Crippen MR) is 188 cm³/mol. The van der Waals surface area contributed by atoms with Crippen molar-refractivity contribution in [2.45, 2.75) is 6.54 Å². The van der Waals surface area contributed by atoms with Crippen LogP contribution >= 0.6 is 0 Å². The molecule has 0 atom stereocenters. The van der Waals surface area contributed by atoms with Gasteiger partial charge in [-0.1, -0.05) is 121 Å². The third kappa shape index (κ3) is 3.71. The molecule has 8 aromatic rings. The first-order valence-electron chi connectivity index (χ1n) is 15.1. The summed E-state index contributed by atoms with van der Waals surface area (Å²) in [5.74, 6) is 0. The van der Waals surface area contributed by atoms with E-state index in [2.05, 4.69) is 150 Å². The Morgan fingerprint density at radius 2 is 1.16 bits per heavy atom. The van der Waals surface area contributed by atoms with Crippen molar-refractivity contribution in [3.05, 3.63) is 151 Å². The Balaban J connectivity index is 1.14. The summed E-state index contributed by atoms with van der Waals surface area (Å²) in [6.07, 6.45) is 0. The van der Waals surface area contributed by atoms with Crippen LogP contribution in [0.5, 0.6) is 0 Å². The first kappa shape index (κ1) is 24.8. The molecular formula is C42H28N2. The number of rotatable bonds is 4. The van der Waals surface area contributed by atoms with Gasteiger partial charge in [0.1, 0.15) is 0 Å². The molecule has 2 nitrogen and oxygen atoms in total. The van der Waals surface area contributed by atoms with E-state index in [9.17, 15) is 0 Å². The van der Waals surface area contributed by atoms with Crippen molar-refractivity contribution in [3.63, 3.8) is 0 Å². The zero-order valence-corrected chi connectivity index (χ0v) is 24.2. The van der Waals surface area contributed by atoms with E-state index in [-0.39, 0.29) is 0 Å². The van der Waals surface area contributed by atoms with Crippen LogP contribution < -0.4 is 4.90 Å². The molecule has 1 heterocycles. The molecule has 2 heteroatoms. The van der Waals surface area contributed by atoms with Gasteiger partial charge in [0.25, 0.3) is 0 Å². The average Bonchev–Trinajstić information content (AvgIpc) is 3.10. The van der Waals surface area contributed by atoms with Gasteiger partial charge in [0.15, 0.2) is 0 Å². The smallest absolute Gasteiger partial charge is 0.0859 e. The number of hydrogen-bond acceptors (Lipinski definition) is 2. The van der Waals surface area contributed by atoms with E-state index in [1.807, 2.05) is 12.1 Å². The Kier molecular flexibility index (Phi) is 5.45. The summed E-state index contributed by atoms with van der Waals surface area (Å²) in [7, 11) is 0. The molecule has 1 aliphatic heterocycles. The molecule has 0 bridgehead atoms. The van der Waals surface area contributed by atoms with Gasteiger partial charge in [-0.05, 0) is 96.7 Å². The number of nitrogens with zero attached hydrogens (tertiary/aromatic N) is 2. The molecule has 0 amide bonds. The van der Waals surface area contributed by atoms with E-state index in [4.69, 9.17) is 0 Å². The van der Waals surface area contributed by atoms with Gasteiger partial charge in [-0.3, -0.25) is 4.99 Å². The van der Waals surface area contributed by atoms with Crippen LogP contribution in [0.3, 0.4) is 0 Å². The zero-order valence-electron chi connectivity index (χ0n) is 24.2. The molecule has 44 heavy (non-hydrogen) atoms. The SMILES string of the molecule is C=Nc1ccccc1N1Cc2ccccc2-c2cc(-c3ccc(-c4ccc5ccc6cccc7ccc4c5c67)cc3)ccc21. The zero-order chi connectivity index (χ0) is 29.2. The van der Waals surface area contributed by atoms with Crippen LogP contribution in [0.2, 0.25) is 0 Å². The fraction of sp³-hybridized carbons (Fsp3) is 0.0238. The molecule has 0 unspecified atom stereocenters. The lowest BCUT2D eigenvalue weighted by Crippen LogP contribution is -2.21. The molecule has 8 aromatic carbocycles. The third-order valence-electron chi connectivity index (χ3n) is 9.32. The van der Waals surface area contributed by atoms with Crippen LogP contribution in [-0.4, -0.2) is 6.72 Å². The maximum Gasteiger partial charge on any atom is 0.0859 e. The van der Waals surface area contributed by atoms with Crippen molar-refractivity contribution in [2.24, 2.45) is 4.99 Å². The quantitative estimate of drug-likeness (QED) is 0.154. The second-order valence-corrected chi connectivity index (χ2v) is 11.7. The summed E-state index contributed by atoms with van der Waals surface area (Å²) in [4.78, 5) is 6.69. The average molecular weight is 561 g/mol. The largest absolute Gasteiger partial charge is 0.335 e. The summed E-state index contributed by atoms with van der Waals surface area (Å²) in [6.45, 7) is 4.63. The number of fused-ring (bicyclic) bond motifs is 3. The van der Waals surface area contributed by atoms with Crippen molar-refractivity contribution < 1.29 is 0 Å². The summed E-state index contributed by atoms with van der Waals surface area (Å²) in [5.41, 5.74) is 11.9. The molecule has 0 saturated heterocycles. The highest BCUT2D eigenvalue weighted by molar-refractivity contribution is 6.25. The normalized spacial score (nSPS) is 12.5. The third-order valence-corrected chi connectivity index (χ3v) is 9.32. The van der Waals surface area contributed by atoms with Crippen molar-refractivity contribution in [1.29, 1.82) is 0 Å². The molecule has 0 N–H and O–H groups in total.